The zero-order valence-corrected chi connectivity index (χ0v) is 23.7. The van der Waals surface area contributed by atoms with Gasteiger partial charge in [-0.25, -0.2) is 24.1 Å². The standard InChI is InChI=1S/C30H33ClFN5O4/c1-3-26(30(38)39)35-29-19(2)33-27(37(29)17-24-11-14-40-24)18-36-12-9-23(10-13-36)41-28-6-4-5-22(34-28)15-20-7-8-21(31)16-25(20)32/h3-8,16,23-24H,1,9-15,17-18H2,2H3,(H,38,39)/t24-/m0/s1. The number of likely N-dealkylation sites (tertiary alicyclic amines) is 1. The first-order valence-corrected chi connectivity index (χ1v) is 14.1. The summed E-state index contributed by atoms with van der Waals surface area (Å²) in [5.74, 6) is 0.397. The monoisotopic (exact) mass is 581 g/mol. The summed E-state index contributed by atoms with van der Waals surface area (Å²) in [5, 5.41) is 9.82. The summed E-state index contributed by atoms with van der Waals surface area (Å²) in [6, 6.07) is 10.2. The fraction of sp³-hybridized carbons (Fsp3) is 0.400. The largest absolute Gasteiger partial charge is 0.477 e. The van der Waals surface area contributed by atoms with E-state index in [-0.39, 0.29) is 23.7 Å². The molecule has 9 nitrogen and oxygen atoms in total. The van der Waals surface area contributed by atoms with E-state index in [1.165, 1.54) is 12.1 Å². The van der Waals surface area contributed by atoms with Gasteiger partial charge in [-0.15, -0.1) is 0 Å². The van der Waals surface area contributed by atoms with Gasteiger partial charge < -0.3 is 19.1 Å². The van der Waals surface area contributed by atoms with E-state index < -0.39 is 5.97 Å². The molecule has 5 rings (SSSR count). The molecule has 4 heterocycles. The average molecular weight is 582 g/mol. The van der Waals surface area contributed by atoms with Gasteiger partial charge in [0.05, 0.1) is 24.9 Å². The summed E-state index contributed by atoms with van der Waals surface area (Å²) in [4.78, 5) is 27.6. The maximum Gasteiger partial charge on any atom is 0.354 e. The Bertz CT molecular complexity index is 1450. The zero-order valence-electron chi connectivity index (χ0n) is 22.9. The van der Waals surface area contributed by atoms with Crippen molar-refractivity contribution in [2.24, 2.45) is 4.99 Å². The molecule has 3 aromatic rings. The number of carboxylic acid groups (broad SMARTS) is 1. The average Bonchev–Trinajstić information content (AvgIpc) is 3.20. The van der Waals surface area contributed by atoms with Gasteiger partial charge in [0.1, 0.15) is 23.5 Å². The highest BCUT2D eigenvalue weighted by Gasteiger charge is 2.27. The molecular weight excluding hydrogens is 549 g/mol. The van der Waals surface area contributed by atoms with Crippen LogP contribution in [0, 0.1) is 12.7 Å². The zero-order chi connectivity index (χ0) is 28.9. The molecule has 1 atom stereocenters. The Labute approximate surface area is 243 Å². The van der Waals surface area contributed by atoms with Crippen molar-refractivity contribution >= 4 is 29.1 Å². The second kappa shape index (κ2) is 12.9. The maximum absolute atomic E-state index is 14.2. The van der Waals surface area contributed by atoms with Crippen molar-refractivity contribution in [1.29, 1.82) is 0 Å². The molecule has 0 aliphatic carbocycles. The second-order valence-corrected chi connectivity index (χ2v) is 10.7. The van der Waals surface area contributed by atoms with Crippen LogP contribution in [0.5, 0.6) is 5.88 Å². The van der Waals surface area contributed by atoms with Crippen LogP contribution in [0.1, 0.15) is 42.0 Å². The Kier molecular flexibility index (Phi) is 9.12. The van der Waals surface area contributed by atoms with E-state index in [2.05, 4.69) is 21.5 Å². The Morgan fingerprint density at radius 2 is 2.05 bits per heavy atom. The van der Waals surface area contributed by atoms with Crippen LogP contribution in [0.3, 0.4) is 0 Å². The molecular formula is C30H33ClFN5O4. The molecule has 216 valence electrons. The minimum atomic E-state index is -1.13. The predicted octanol–water partition coefficient (Wildman–Crippen LogP) is 5.15. The van der Waals surface area contributed by atoms with Crippen molar-refractivity contribution in [3.05, 3.63) is 82.7 Å². The number of hydrogen-bond donors (Lipinski definition) is 1. The van der Waals surface area contributed by atoms with Gasteiger partial charge in [-0.3, -0.25) is 4.90 Å². The van der Waals surface area contributed by atoms with Gasteiger partial charge in [0.2, 0.25) is 5.88 Å². The number of rotatable bonds is 11. The molecule has 2 aromatic heterocycles. The summed E-state index contributed by atoms with van der Waals surface area (Å²) < 4.78 is 28.1. The first kappa shape index (κ1) is 28.9. The number of aromatic nitrogens is 3. The lowest BCUT2D eigenvalue weighted by Gasteiger charge is -2.32. The van der Waals surface area contributed by atoms with Crippen LogP contribution in [-0.2, 0) is 29.0 Å². The molecule has 0 amide bonds. The normalized spacial score (nSPS) is 18.2. The van der Waals surface area contributed by atoms with Crippen LogP contribution < -0.4 is 4.74 Å². The third-order valence-corrected chi connectivity index (χ3v) is 7.60. The number of aryl methyl sites for hydroxylation is 1. The first-order chi connectivity index (χ1) is 19.8. The van der Waals surface area contributed by atoms with Gasteiger partial charge in [-0.1, -0.05) is 30.3 Å². The molecule has 0 saturated carbocycles. The Hall–Kier alpha value is -3.60. The van der Waals surface area contributed by atoms with Gasteiger partial charge in [-0.05, 0) is 56.0 Å². The van der Waals surface area contributed by atoms with Gasteiger partial charge in [0, 0.05) is 42.9 Å². The third-order valence-electron chi connectivity index (χ3n) is 7.36. The van der Waals surface area contributed by atoms with Crippen LogP contribution in [0.4, 0.5) is 10.2 Å². The number of halogens is 2. The Morgan fingerprint density at radius 3 is 2.71 bits per heavy atom. The van der Waals surface area contributed by atoms with Crippen molar-refractivity contribution in [2.75, 3.05) is 19.7 Å². The fourth-order valence-corrected chi connectivity index (χ4v) is 5.20. The summed E-state index contributed by atoms with van der Waals surface area (Å²) in [6.07, 6.45) is 4.23. The molecule has 2 aliphatic rings. The van der Waals surface area contributed by atoms with Gasteiger partial charge in [0.25, 0.3) is 0 Å². The number of hydrogen-bond acceptors (Lipinski definition) is 7. The van der Waals surface area contributed by atoms with E-state index >= 15 is 0 Å². The lowest BCUT2D eigenvalue weighted by molar-refractivity contribution is -0.129. The van der Waals surface area contributed by atoms with E-state index in [0.29, 0.717) is 47.5 Å². The summed E-state index contributed by atoms with van der Waals surface area (Å²) >= 11 is 5.87. The van der Waals surface area contributed by atoms with Crippen LogP contribution in [-0.4, -0.2) is 68.1 Å². The highest BCUT2D eigenvalue weighted by Crippen LogP contribution is 2.27. The van der Waals surface area contributed by atoms with Crippen molar-refractivity contribution < 1.29 is 23.8 Å². The molecule has 2 aliphatic heterocycles. The molecule has 1 aromatic carbocycles. The van der Waals surface area contributed by atoms with Gasteiger partial charge in [0.15, 0.2) is 5.82 Å². The molecule has 0 bridgehead atoms. The number of benzene rings is 1. The SMILES string of the molecule is C=CC(=Nc1c(C)nc(CN2CCC(Oc3cccc(Cc4ccc(Cl)cc4F)n3)CC2)n1C[C@@H]1CCO1)C(=O)O. The van der Waals surface area contributed by atoms with E-state index in [0.717, 1.165) is 50.5 Å². The topological polar surface area (TPSA) is 102 Å². The van der Waals surface area contributed by atoms with E-state index in [4.69, 9.17) is 26.1 Å². The molecule has 2 saturated heterocycles. The summed E-state index contributed by atoms with van der Waals surface area (Å²) in [6.45, 7) is 8.93. The minimum Gasteiger partial charge on any atom is -0.477 e. The van der Waals surface area contributed by atoms with Crippen LogP contribution >= 0.6 is 11.6 Å². The number of pyridine rings is 1. The van der Waals surface area contributed by atoms with E-state index in [1.54, 1.807) is 12.1 Å². The lowest BCUT2D eigenvalue weighted by Crippen LogP contribution is -2.39. The van der Waals surface area contributed by atoms with Crippen molar-refractivity contribution in [3.63, 3.8) is 0 Å². The highest BCUT2D eigenvalue weighted by molar-refractivity contribution is 6.40. The Balaban J connectivity index is 1.22. The predicted molar refractivity (Wildman–Crippen MR) is 154 cm³/mol. The number of nitrogens with zero attached hydrogens (tertiary/aromatic N) is 5. The minimum absolute atomic E-state index is 0.0111. The molecule has 11 heteroatoms. The fourth-order valence-electron chi connectivity index (χ4n) is 5.04. The molecule has 2 fully saturated rings. The second-order valence-electron chi connectivity index (χ2n) is 10.3. The van der Waals surface area contributed by atoms with Gasteiger partial charge >= 0.3 is 5.97 Å². The van der Waals surface area contributed by atoms with E-state index in [1.807, 2.05) is 29.7 Å². The molecule has 1 N–H and O–H groups in total. The molecule has 0 spiro atoms. The number of ether oxygens (including phenoxy) is 2. The maximum atomic E-state index is 14.2. The van der Waals surface area contributed by atoms with Crippen molar-refractivity contribution in [3.8, 4) is 5.88 Å². The first-order valence-electron chi connectivity index (χ1n) is 13.7. The lowest BCUT2D eigenvalue weighted by atomic mass is 10.1. The third kappa shape index (κ3) is 7.19. The molecule has 0 radical (unpaired) electrons. The van der Waals surface area contributed by atoms with E-state index in [9.17, 15) is 14.3 Å². The number of imidazole rings is 1. The highest BCUT2D eigenvalue weighted by atomic mass is 35.5. The van der Waals surface area contributed by atoms with Crippen LogP contribution in [0.15, 0.2) is 54.0 Å². The molecule has 41 heavy (non-hydrogen) atoms. The van der Waals surface area contributed by atoms with Crippen molar-refractivity contribution in [1.82, 2.24) is 19.4 Å². The van der Waals surface area contributed by atoms with Crippen molar-refractivity contribution in [2.45, 2.75) is 57.9 Å². The smallest absolute Gasteiger partial charge is 0.354 e. The number of carbonyl (C=O) groups is 1. The molecule has 0 unspecified atom stereocenters. The summed E-state index contributed by atoms with van der Waals surface area (Å²) in [7, 11) is 0. The quantitative estimate of drug-likeness (QED) is 0.313. The van der Waals surface area contributed by atoms with Gasteiger partial charge in [-0.2, -0.15) is 0 Å². The number of piperidine rings is 1. The summed E-state index contributed by atoms with van der Waals surface area (Å²) in [5.41, 5.74) is 1.80. The van der Waals surface area contributed by atoms with Crippen LogP contribution in [0.2, 0.25) is 5.02 Å². The number of aliphatic imine (C=N–C) groups is 1. The number of carboxylic acids is 1. The number of aliphatic carboxylic acids is 1. The van der Waals surface area contributed by atoms with Crippen LogP contribution in [0.25, 0.3) is 0 Å². The Morgan fingerprint density at radius 1 is 1.27 bits per heavy atom.